The van der Waals surface area contributed by atoms with Gasteiger partial charge in [0.05, 0.1) is 11.6 Å². The Labute approximate surface area is 220 Å². The smallest absolute Gasteiger partial charge is 0.343 e. The fourth-order valence-electron chi connectivity index (χ4n) is 4.52. The van der Waals surface area contributed by atoms with Crippen LogP contribution in [0.25, 0.3) is 0 Å². The van der Waals surface area contributed by atoms with Crippen molar-refractivity contribution in [1.29, 1.82) is 0 Å². The average Bonchev–Trinajstić information content (AvgIpc) is 2.88. The van der Waals surface area contributed by atoms with Gasteiger partial charge in [0.15, 0.2) is 0 Å². The van der Waals surface area contributed by atoms with Gasteiger partial charge in [-0.05, 0) is 99.0 Å². The van der Waals surface area contributed by atoms with Crippen molar-refractivity contribution in [1.82, 2.24) is 9.97 Å². The minimum absolute atomic E-state index is 0.0523. The van der Waals surface area contributed by atoms with Crippen molar-refractivity contribution in [2.75, 3.05) is 16.8 Å². The summed E-state index contributed by atoms with van der Waals surface area (Å²) >= 11 is 5.91. The second-order valence-corrected chi connectivity index (χ2v) is 9.53. The van der Waals surface area contributed by atoms with Gasteiger partial charge in [-0.15, -0.1) is 0 Å². The van der Waals surface area contributed by atoms with Crippen LogP contribution in [-0.4, -0.2) is 22.5 Å². The fourth-order valence-corrected chi connectivity index (χ4v) is 4.65. The Hall–Kier alpha value is -3.97. The normalized spacial score (nSPS) is 14.7. The van der Waals surface area contributed by atoms with Gasteiger partial charge in [-0.25, -0.2) is 14.2 Å². The molecule has 1 N–H and O–H groups in total. The van der Waals surface area contributed by atoms with Crippen molar-refractivity contribution in [3.63, 3.8) is 0 Å². The Kier molecular flexibility index (Phi) is 6.80. The Bertz CT molecular complexity index is 1460. The summed E-state index contributed by atoms with van der Waals surface area (Å²) in [6, 6.07) is 18.6. The van der Waals surface area contributed by atoms with Crippen LogP contribution in [0, 0.1) is 19.7 Å². The SMILES string of the molecule is Cc1nc(Nc2ccc(F)cc2)nc(N2CCc3cc(OC(=O)c4ccc(Cl)cc4)ccc3C2C)c1C. The van der Waals surface area contributed by atoms with E-state index in [1.54, 1.807) is 36.4 Å². The van der Waals surface area contributed by atoms with E-state index in [2.05, 4.69) is 22.1 Å². The van der Waals surface area contributed by atoms with Crippen LogP contribution < -0.4 is 15.0 Å². The number of carbonyl (C=O) groups excluding carboxylic acids is 1. The molecule has 0 spiro atoms. The summed E-state index contributed by atoms with van der Waals surface area (Å²) in [5, 5.41) is 3.75. The van der Waals surface area contributed by atoms with Gasteiger partial charge in [-0.3, -0.25) is 0 Å². The first-order valence-corrected chi connectivity index (χ1v) is 12.4. The molecule has 0 saturated heterocycles. The number of nitrogens with one attached hydrogen (secondary N) is 1. The van der Waals surface area contributed by atoms with Crippen LogP contribution in [0.4, 0.5) is 21.8 Å². The van der Waals surface area contributed by atoms with E-state index >= 15 is 0 Å². The summed E-state index contributed by atoms with van der Waals surface area (Å²) in [7, 11) is 0. The van der Waals surface area contributed by atoms with Gasteiger partial charge in [0.2, 0.25) is 5.95 Å². The summed E-state index contributed by atoms with van der Waals surface area (Å²) in [6.07, 6.45) is 0.773. The molecule has 0 amide bonds. The molecule has 1 atom stereocenters. The molecule has 1 aromatic heterocycles. The minimum atomic E-state index is -0.421. The molecule has 0 bridgehead atoms. The van der Waals surface area contributed by atoms with E-state index in [0.29, 0.717) is 28.0 Å². The molecule has 188 valence electrons. The molecular weight excluding hydrogens is 491 g/mol. The number of aromatic nitrogens is 2. The zero-order valence-corrected chi connectivity index (χ0v) is 21.5. The standard InChI is InChI=1S/C29H26ClFN4O2/c1-17-18(2)32-29(33-24-10-8-23(31)9-11-24)34-27(17)35-15-14-21-16-25(12-13-26(21)19(35)3)37-28(36)20-4-6-22(30)7-5-20/h4-13,16,19H,14-15H2,1-3H3,(H,32,33,34). The maximum atomic E-state index is 13.3. The molecule has 1 aliphatic rings. The van der Waals surface area contributed by atoms with Crippen LogP contribution >= 0.6 is 11.6 Å². The highest BCUT2D eigenvalue weighted by molar-refractivity contribution is 6.30. The number of hydrogen-bond acceptors (Lipinski definition) is 6. The van der Waals surface area contributed by atoms with E-state index in [-0.39, 0.29) is 11.9 Å². The van der Waals surface area contributed by atoms with Crippen LogP contribution in [0.5, 0.6) is 5.75 Å². The largest absolute Gasteiger partial charge is 0.423 e. The lowest BCUT2D eigenvalue weighted by atomic mass is 9.93. The first kappa shape index (κ1) is 24.7. The van der Waals surface area contributed by atoms with Crippen LogP contribution in [0.3, 0.4) is 0 Å². The fraction of sp³-hybridized carbons (Fsp3) is 0.207. The highest BCUT2D eigenvalue weighted by Crippen LogP contribution is 2.36. The molecule has 0 aliphatic carbocycles. The number of benzene rings is 3. The molecule has 8 heteroatoms. The predicted octanol–water partition coefficient (Wildman–Crippen LogP) is 6.97. The Morgan fingerprint density at radius 2 is 1.78 bits per heavy atom. The highest BCUT2D eigenvalue weighted by Gasteiger charge is 2.27. The maximum absolute atomic E-state index is 13.3. The minimum Gasteiger partial charge on any atom is -0.423 e. The van der Waals surface area contributed by atoms with Gasteiger partial charge in [-0.2, -0.15) is 4.98 Å². The lowest BCUT2D eigenvalue weighted by Crippen LogP contribution is -2.35. The number of aryl methyl sites for hydroxylation is 1. The molecule has 0 saturated carbocycles. The summed E-state index contributed by atoms with van der Waals surface area (Å²) < 4.78 is 18.9. The molecule has 4 aromatic rings. The Morgan fingerprint density at radius 1 is 1.05 bits per heavy atom. The number of rotatable bonds is 5. The zero-order chi connectivity index (χ0) is 26.1. The summed E-state index contributed by atoms with van der Waals surface area (Å²) in [4.78, 5) is 24.2. The lowest BCUT2D eigenvalue weighted by Gasteiger charge is -2.37. The molecule has 37 heavy (non-hydrogen) atoms. The van der Waals surface area contributed by atoms with Gasteiger partial charge in [0.25, 0.3) is 0 Å². The molecule has 0 fully saturated rings. The predicted molar refractivity (Wildman–Crippen MR) is 144 cm³/mol. The lowest BCUT2D eigenvalue weighted by molar-refractivity contribution is 0.0734. The van der Waals surface area contributed by atoms with Crippen molar-refractivity contribution in [3.8, 4) is 5.75 Å². The summed E-state index contributed by atoms with van der Waals surface area (Å²) in [6.45, 7) is 6.87. The Balaban J connectivity index is 1.37. The average molecular weight is 517 g/mol. The van der Waals surface area contributed by atoms with E-state index < -0.39 is 5.97 Å². The number of nitrogens with zero attached hydrogens (tertiary/aromatic N) is 3. The maximum Gasteiger partial charge on any atom is 0.343 e. The topological polar surface area (TPSA) is 67.3 Å². The molecular formula is C29H26ClFN4O2. The van der Waals surface area contributed by atoms with Crippen LogP contribution in [0.1, 0.15) is 45.7 Å². The third-order valence-electron chi connectivity index (χ3n) is 6.68. The second-order valence-electron chi connectivity index (χ2n) is 9.09. The van der Waals surface area contributed by atoms with Crippen LogP contribution in [0.2, 0.25) is 5.02 Å². The van der Waals surface area contributed by atoms with Gasteiger partial charge in [0.1, 0.15) is 17.4 Å². The molecule has 0 radical (unpaired) electrons. The molecule has 3 aromatic carbocycles. The van der Waals surface area contributed by atoms with E-state index in [1.165, 1.54) is 12.1 Å². The number of ether oxygens (including phenoxy) is 1. The molecule has 5 rings (SSSR count). The first-order valence-electron chi connectivity index (χ1n) is 12.0. The van der Waals surface area contributed by atoms with E-state index in [0.717, 1.165) is 41.2 Å². The number of halogens is 2. The number of anilines is 3. The van der Waals surface area contributed by atoms with Crippen molar-refractivity contribution < 1.29 is 13.9 Å². The van der Waals surface area contributed by atoms with Gasteiger partial charge < -0.3 is 15.0 Å². The van der Waals surface area contributed by atoms with E-state index in [1.807, 2.05) is 32.0 Å². The number of carbonyl (C=O) groups is 1. The third kappa shape index (κ3) is 5.27. The van der Waals surface area contributed by atoms with E-state index in [4.69, 9.17) is 21.3 Å². The molecule has 2 heterocycles. The van der Waals surface area contributed by atoms with Crippen LogP contribution in [0.15, 0.2) is 66.7 Å². The van der Waals surface area contributed by atoms with Gasteiger partial charge >= 0.3 is 5.97 Å². The van der Waals surface area contributed by atoms with Gasteiger partial charge in [-0.1, -0.05) is 17.7 Å². The monoisotopic (exact) mass is 516 g/mol. The van der Waals surface area contributed by atoms with Crippen molar-refractivity contribution in [3.05, 3.63) is 106 Å². The second kappa shape index (κ2) is 10.2. The molecule has 1 aliphatic heterocycles. The van der Waals surface area contributed by atoms with E-state index in [9.17, 15) is 9.18 Å². The molecule has 1 unspecified atom stereocenters. The third-order valence-corrected chi connectivity index (χ3v) is 6.93. The highest BCUT2D eigenvalue weighted by atomic mass is 35.5. The quantitative estimate of drug-likeness (QED) is 0.228. The summed E-state index contributed by atoms with van der Waals surface area (Å²) in [5.41, 5.74) is 5.33. The number of fused-ring (bicyclic) bond motifs is 1. The first-order chi connectivity index (χ1) is 17.8. The molecule has 6 nitrogen and oxygen atoms in total. The van der Waals surface area contributed by atoms with Crippen LogP contribution in [-0.2, 0) is 6.42 Å². The van der Waals surface area contributed by atoms with Crippen molar-refractivity contribution in [2.45, 2.75) is 33.2 Å². The summed E-state index contributed by atoms with van der Waals surface area (Å²) in [5.74, 6) is 1.12. The van der Waals surface area contributed by atoms with Crippen molar-refractivity contribution >= 4 is 35.0 Å². The van der Waals surface area contributed by atoms with Gasteiger partial charge in [0, 0.05) is 28.5 Å². The van der Waals surface area contributed by atoms with Crippen molar-refractivity contribution in [2.24, 2.45) is 0 Å². The number of esters is 1. The Morgan fingerprint density at radius 3 is 2.51 bits per heavy atom. The number of hydrogen-bond donors (Lipinski definition) is 1. The zero-order valence-electron chi connectivity index (χ0n) is 20.8.